The molecule has 34 heavy (non-hydrogen) atoms. The number of carboxylic acid groups (broad SMARTS) is 1. The molecule has 0 radical (unpaired) electrons. The summed E-state index contributed by atoms with van der Waals surface area (Å²) in [4.78, 5) is 26.0. The van der Waals surface area contributed by atoms with E-state index in [1.807, 2.05) is 67.7 Å². The van der Waals surface area contributed by atoms with Crippen molar-refractivity contribution >= 4 is 28.7 Å². The number of rotatable bonds is 8. The van der Waals surface area contributed by atoms with Gasteiger partial charge in [0.25, 0.3) is 0 Å². The van der Waals surface area contributed by atoms with Crippen LogP contribution in [-0.2, 0) is 22.4 Å². The smallest absolute Gasteiger partial charge is 0.328 e. The van der Waals surface area contributed by atoms with Gasteiger partial charge < -0.3 is 10.0 Å². The van der Waals surface area contributed by atoms with Crippen molar-refractivity contribution in [2.45, 2.75) is 12.8 Å². The molecule has 0 spiro atoms. The van der Waals surface area contributed by atoms with Crippen molar-refractivity contribution in [2.75, 3.05) is 13.6 Å². The molecule has 1 amide bonds. The van der Waals surface area contributed by atoms with Gasteiger partial charge in [-0.25, -0.2) is 4.79 Å². The Hall–Kier alpha value is -4.18. The largest absolute Gasteiger partial charge is 0.478 e. The molecule has 1 N–H and O–H groups in total. The SMILES string of the molecule is CN(CCc1ccccc1)C(=O)Cc1cc(/C=C/C(=O)O)cc2c(-c3ccccc3)cccc12. The highest BCUT2D eigenvalue weighted by Crippen LogP contribution is 2.32. The Labute approximate surface area is 199 Å². The highest BCUT2D eigenvalue weighted by molar-refractivity contribution is 6.01. The minimum absolute atomic E-state index is 0.0294. The number of aliphatic carboxylic acids is 1. The maximum absolute atomic E-state index is 13.1. The van der Waals surface area contributed by atoms with Crippen LogP contribution < -0.4 is 0 Å². The molecule has 0 heterocycles. The predicted molar refractivity (Wildman–Crippen MR) is 138 cm³/mol. The Bertz CT molecular complexity index is 1330. The number of nitrogens with zero attached hydrogens (tertiary/aromatic N) is 1. The second-order valence-electron chi connectivity index (χ2n) is 8.35. The van der Waals surface area contributed by atoms with Crippen molar-refractivity contribution < 1.29 is 14.7 Å². The molecule has 0 saturated heterocycles. The Morgan fingerprint density at radius 2 is 1.56 bits per heavy atom. The van der Waals surface area contributed by atoms with Gasteiger partial charge in [-0.05, 0) is 57.2 Å². The van der Waals surface area contributed by atoms with Gasteiger partial charge in [0.05, 0.1) is 6.42 Å². The van der Waals surface area contributed by atoms with E-state index in [-0.39, 0.29) is 12.3 Å². The highest BCUT2D eigenvalue weighted by Gasteiger charge is 2.14. The highest BCUT2D eigenvalue weighted by atomic mass is 16.4. The van der Waals surface area contributed by atoms with Crippen LogP contribution in [-0.4, -0.2) is 35.5 Å². The van der Waals surface area contributed by atoms with Crippen molar-refractivity contribution in [1.82, 2.24) is 4.90 Å². The molecule has 0 saturated carbocycles. The zero-order valence-electron chi connectivity index (χ0n) is 19.1. The lowest BCUT2D eigenvalue weighted by molar-refractivity contribution is -0.131. The van der Waals surface area contributed by atoms with Gasteiger partial charge in [-0.1, -0.05) is 84.9 Å². The third-order valence-electron chi connectivity index (χ3n) is 5.95. The third-order valence-corrected chi connectivity index (χ3v) is 5.95. The molecule has 0 aliphatic heterocycles. The van der Waals surface area contributed by atoms with Crippen LogP contribution in [0.3, 0.4) is 0 Å². The van der Waals surface area contributed by atoms with Gasteiger partial charge in [0.2, 0.25) is 5.91 Å². The summed E-state index contributed by atoms with van der Waals surface area (Å²) in [7, 11) is 1.83. The zero-order chi connectivity index (χ0) is 23.9. The van der Waals surface area contributed by atoms with Gasteiger partial charge in [0.15, 0.2) is 0 Å². The van der Waals surface area contributed by atoms with Gasteiger partial charge in [0.1, 0.15) is 0 Å². The first-order valence-corrected chi connectivity index (χ1v) is 11.3. The maximum Gasteiger partial charge on any atom is 0.328 e. The van der Waals surface area contributed by atoms with Crippen LogP contribution in [0.1, 0.15) is 16.7 Å². The van der Waals surface area contributed by atoms with Crippen molar-refractivity contribution in [3.63, 3.8) is 0 Å². The summed E-state index contributed by atoms with van der Waals surface area (Å²) in [5.74, 6) is -0.976. The van der Waals surface area contributed by atoms with E-state index in [4.69, 9.17) is 5.11 Å². The van der Waals surface area contributed by atoms with E-state index in [0.717, 1.165) is 45.5 Å². The summed E-state index contributed by atoms with van der Waals surface area (Å²) < 4.78 is 0. The number of hydrogen-bond acceptors (Lipinski definition) is 2. The van der Waals surface area contributed by atoms with E-state index in [2.05, 4.69) is 30.3 Å². The molecule has 0 fully saturated rings. The number of likely N-dealkylation sites (N-methyl/N-ethyl adjacent to an activating group) is 1. The van der Waals surface area contributed by atoms with Crippen LogP contribution in [0.4, 0.5) is 0 Å². The second-order valence-corrected chi connectivity index (χ2v) is 8.35. The molecule has 0 atom stereocenters. The molecule has 0 aliphatic rings. The molecule has 4 rings (SSSR count). The van der Waals surface area contributed by atoms with Gasteiger partial charge in [-0.2, -0.15) is 0 Å². The summed E-state index contributed by atoms with van der Waals surface area (Å²) in [6.45, 7) is 0.634. The number of carboxylic acids is 1. The van der Waals surface area contributed by atoms with E-state index in [1.54, 1.807) is 11.0 Å². The molecule has 4 heteroatoms. The monoisotopic (exact) mass is 449 g/mol. The van der Waals surface area contributed by atoms with Crippen molar-refractivity contribution in [1.29, 1.82) is 0 Å². The van der Waals surface area contributed by atoms with Crippen LogP contribution in [0.5, 0.6) is 0 Å². The molecule has 0 aliphatic carbocycles. The summed E-state index contributed by atoms with van der Waals surface area (Å²) >= 11 is 0. The van der Waals surface area contributed by atoms with E-state index in [0.29, 0.717) is 6.54 Å². The number of hydrogen-bond donors (Lipinski definition) is 1. The minimum atomic E-state index is -1.00. The fourth-order valence-corrected chi connectivity index (χ4v) is 4.13. The van der Waals surface area contributed by atoms with Crippen molar-refractivity contribution in [2.24, 2.45) is 0 Å². The minimum Gasteiger partial charge on any atom is -0.478 e. The van der Waals surface area contributed by atoms with Gasteiger partial charge >= 0.3 is 5.97 Å². The Kier molecular flexibility index (Phi) is 7.19. The van der Waals surface area contributed by atoms with Crippen molar-refractivity contribution in [3.05, 3.63) is 114 Å². The van der Waals surface area contributed by atoms with E-state index in [1.165, 1.54) is 5.56 Å². The topological polar surface area (TPSA) is 57.6 Å². The first-order chi connectivity index (χ1) is 16.5. The number of fused-ring (bicyclic) bond motifs is 1. The number of amides is 1. The molecule has 4 nitrogen and oxygen atoms in total. The molecule has 170 valence electrons. The molecule has 0 aromatic heterocycles. The lowest BCUT2D eigenvalue weighted by atomic mass is 9.92. The average Bonchev–Trinajstić information content (AvgIpc) is 2.86. The number of carbonyl (C=O) groups excluding carboxylic acids is 1. The molecule has 4 aromatic rings. The third kappa shape index (κ3) is 5.59. The van der Waals surface area contributed by atoms with Gasteiger partial charge in [-0.15, -0.1) is 0 Å². The number of carbonyl (C=O) groups is 2. The first-order valence-electron chi connectivity index (χ1n) is 11.3. The summed E-state index contributed by atoms with van der Waals surface area (Å²) in [6.07, 6.45) is 3.75. The fourth-order valence-electron chi connectivity index (χ4n) is 4.13. The van der Waals surface area contributed by atoms with E-state index >= 15 is 0 Å². The quantitative estimate of drug-likeness (QED) is 0.343. The lowest BCUT2D eigenvalue weighted by Gasteiger charge is -2.19. The molecular formula is C30H27NO3. The zero-order valence-corrected chi connectivity index (χ0v) is 19.1. The Balaban J connectivity index is 1.67. The van der Waals surface area contributed by atoms with Crippen LogP contribution in [0.15, 0.2) is 97.1 Å². The number of benzene rings is 4. The fraction of sp³-hybridized carbons (Fsp3) is 0.133. The summed E-state index contributed by atoms with van der Waals surface area (Å²) in [5, 5.41) is 11.1. The Morgan fingerprint density at radius 3 is 2.26 bits per heavy atom. The van der Waals surface area contributed by atoms with Crippen LogP contribution >= 0.6 is 0 Å². The normalized spacial score (nSPS) is 11.1. The van der Waals surface area contributed by atoms with Gasteiger partial charge in [-0.3, -0.25) is 4.79 Å². The maximum atomic E-state index is 13.1. The average molecular weight is 450 g/mol. The van der Waals surface area contributed by atoms with E-state index in [9.17, 15) is 9.59 Å². The van der Waals surface area contributed by atoms with Crippen LogP contribution in [0.2, 0.25) is 0 Å². The summed E-state index contributed by atoms with van der Waals surface area (Å²) in [6, 6.07) is 30.2. The molecule has 0 unspecified atom stereocenters. The second kappa shape index (κ2) is 10.6. The van der Waals surface area contributed by atoms with E-state index < -0.39 is 5.97 Å². The molecule has 4 aromatic carbocycles. The van der Waals surface area contributed by atoms with Crippen LogP contribution in [0.25, 0.3) is 28.0 Å². The standard InChI is InChI=1S/C30H27NO3/c1-31(18-17-22-9-4-2-5-10-22)29(32)21-25-19-23(15-16-30(33)34)20-28-26(13-8-14-27(25)28)24-11-6-3-7-12-24/h2-16,19-20H,17-18,21H2,1H3,(H,33,34)/b16-15+. The first kappa shape index (κ1) is 23.0. The molecular weight excluding hydrogens is 422 g/mol. The lowest BCUT2D eigenvalue weighted by Crippen LogP contribution is -2.30. The van der Waals surface area contributed by atoms with Crippen molar-refractivity contribution in [3.8, 4) is 11.1 Å². The van der Waals surface area contributed by atoms with Crippen LogP contribution in [0, 0.1) is 0 Å². The predicted octanol–water partition coefficient (Wildman–Crippen LogP) is 5.85. The summed E-state index contributed by atoms with van der Waals surface area (Å²) in [5.41, 5.74) is 4.96. The molecule has 0 bridgehead atoms. The Morgan fingerprint density at radius 1 is 0.853 bits per heavy atom. The van der Waals surface area contributed by atoms with Gasteiger partial charge in [0, 0.05) is 19.7 Å².